The quantitative estimate of drug-likeness (QED) is 0.738. The minimum absolute atomic E-state index is 0.188. The number of halogens is 1. The van der Waals surface area contributed by atoms with Crippen molar-refractivity contribution in [2.75, 3.05) is 5.32 Å². The van der Waals surface area contributed by atoms with Crippen molar-refractivity contribution in [3.63, 3.8) is 0 Å². The van der Waals surface area contributed by atoms with Crippen LogP contribution in [-0.4, -0.2) is 20.3 Å². The van der Waals surface area contributed by atoms with E-state index in [0.717, 1.165) is 5.56 Å². The number of rotatable bonds is 2. The van der Waals surface area contributed by atoms with Gasteiger partial charge in [-0.25, -0.2) is 9.97 Å². The highest BCUT2D eigenvalue weighted by Gasteiger charge is 2.10. The van der Waals surface area contributed by atoms with Gasteiger partial charge >= 0.3 is 0 Å². The van der Waals surface area contributed by atoms with Crippen LogP contribution in [0.15, 0.2) is 36.8 Å². The Kier molecular flexibility index (Phi) is 3.49. The fraction of sp³-hybridized carbons (Fsp3) is 0.0667. The van der Waals surface area contributed by atoms with Crippen LogP contribution >= 0.6 is 11.6 Å². The van der Waals surface area contributed by atoms with E-state index in [1.54, 1.807) is 22.7 Å². The molecule has 3 aromatic heterocycles. The summed E-state index contributed by atoms with van der Waals surface area (Å²) in [5.74, 6) is -0.188. The zero-order chi connectivity index (χ0) is 15.7. The topological polar surface area (TPSA) is 83.1 Å². The number of imidazole rings is 1. The molecule has 1 N–H and O–H groups in total. The Hall–Kier alpha value is -2.91. The first kappa shape index (κ1) is 14.0. The van der Waals surface area contributed by atoms with Crippen LogP contribution in [-0.2, 0) is 4.79 Å². The molecule has 6 nitrogen and oxygen atoms in total. The summed E-state index contributed by atoms with van der Waals surface area (Å²) in [4.78, 5) is 19.4. The molecule has 0 saturated heterocycles. The molecule has 0 aliphatic heterocycles. The molecule has 3 aromatic rings. The summed E-state index contributed by atoms with van der Waals surface area (Å²) >= 11 is 6.15. The lowest BCUT2D eigenvalue weighted by Gasteiger charge is -2.08. The van der Waals surface area contributed by atoms with E-state index in [9.17, 15) is 4.79 Å². The van der Waals surface area contributed by atoms with E-state index in [0.29, 0.717) is 27.7 Å². The lowest BCUT2D eigenvalue weighted by atomic mass is 10.1. The van der Waals surface area contributed by atoms with Crippen LogP contribution in [0.1, 0.15) is 12.6 Å². The van der Waals surface area contributed by atoms with E-state index < -0.39 is 0 Å². The van der Waals surface area contributed by atoms with Crippen LogP contribution < -0.4 is 5.32 Å². The van der Waals surface area contributed by atoms with Gasteiger partial charge in [0.15, 0.2) is 0 Å². The number of nitrogens with one attached hydrogen (secondary N) is 1. The lowest BCUT2D eigenvalue weighted by Crippen LogP contribution is -2.06. The maximum Gasteiger partial charge on any atom is 0.221 e. The number of carbonyl (C=O) groups is 1. The van der Waals surface area contributed by atoms with Gasteiger partial charge in [0.05, 0.1) is 18.1 Å². The summed E-state index contributed by atoms with van der Waals surface area (Å²) in [6.45, 7) is 1.42. The summed E-state index contributed by atoms with van der Waals surface area (Å²) in [6.07, 6.45) is 4.76. The summed E-state index contributed by atoms with van der Waals surface area (Å²) in [7, 11) is 0. The predicted molar refractivity (Wildman–Crippen MR) is 82.5 cm³/mol. The van der Waals surface area contributed by atoms with Gasteiger partial charge in [0.25, 0.3) is 0 Å². The average molecular weight is 312 g/mol. The molecule has 108 valence electrons. The largest absolute Gasteiger partial charge is 0.325 e. The number of anilines is 1. The molecular weight excluding hydrogens is 302 g/mol. The van der Waals surface area contributed by atoms with Crippen molar-refractivity contribution < 1.29 is 4.79 Å². The number of fused-ring (bicyclic) bond motifs is 1. The minimum Gasteiger partial charge on any atom is -0.325 e. The van der Waals surface area contributed by atoms with Crippen LogP contribution in [0.25, 0.3) is 16.8 Å². The average Bonchev–Trinajstić information content (AvgIpc) is 2.91. The summed E-state index contributed by atoms with van der Waals surface area (Å²) in [5.41, 5.74) is 3.08. The zero-order valence-corrected chi connectivity index (χ0v) is 12.3. The first-order valence-electron chi connectivity index (χ1n) is 6.39. The van der Waals surface area contributed by atoms with Gasteiger partial charge in [-0.15, -0.1) is 0 Å². The maximum absolute atomic E-state index is 11.1. The van der Waals surface area contributed by atoms with E-state index in [2.05, 4.69) is 21.4 Å². The Balaban J connectivity index is 2.14. The van der Waals surface area contributed by atoms with Crippen molar-refractivity contribution in [3.8, 4) is 17.2 Å². The molecule has 3 rings (SSSR count). The number of nitriles is 1. The van der Waals surface area contributed by atoms with Crippen molar-refractivity contribution in [3.05, 3.63) is 47.6 Å². The molecule has 3 heterocycles. The van der Waals surface area contributed by atoms with Gasteiger partial charge in [-0.05, 0) is 18.2 Å². The SMILES string of the molecule is CC(=O)Nc1cnc(Cl)c(-c2ccc3ncc(C#N)n3c2)c1. The van der Waals surface area contributed by atoms with E-state index in [4.69, 9.17) is 16.9 Å². The molecule has 0 aliphatic rings. The third-order valence-electron chi connectivity index (χ3n) is 3.09. The van der Waals surface area contributed by atoms with Gasteiger partial charge in [-0.1, -0.05) is 11.6 Å². The number of hydrogen-bond acceptors (Lipinski definition) is 4. The van der Waals surface area contributed by atoms with Gasteiger partial charge in [-0.2, -0.15) is 5.26 Å². The highest BCUT2D eigenvalue weighted by atomic mass is 35.5. The first-order valence-corrected chi connectivity index (χ1v) is 6.77. The van der Waals surface area contributed by atoms with Crippen LogP contribution in [0.5, 0.6) is 0 Å². The van der Waals surface area contributed by atoms with Gasteiger partial charge < -0.3 is 5.32 Å². The van der Waals surface area contributed by atoms with Gasteiger partial charge in [0.1, 0.15) is 22.6 Å². The van der Waals surface area contributed by atoms with Gasteiger partial charge in [-0.3, -0.25) is 9.20 Å². The molecule has 7 heteroatoms. The zero-order valence-electron chi connectivity index (χ0n) is 11.5. The second-order valence-corrected chi connectivity index (χ2v) is 5.00. The molecule has 22 heavy (non-hydrogen) atoms. The Morgan fingerprint density at radius 2 is 2.18 bits per heavy atom. The molecular formula is C15H10ClN5O. The number of nitrogens with zero attached hydrogens (tertiary/aromatic N) is 4. The second-order valence-electron chi connectivity index (χ2n) is 4.64. The maximum atomic E-state index is 11.1. The highest BCUT2D eigenvalue weighted by molar-refractivity contribution is 6.32. The van der Waals surface area contributed by atoms with Crippen molar-refractivity contribution in [1.82, 2.24) is 14.4 Å². The molecule has 0 spiro atoms. The molecule has 0 aliphatic carbocycles. The number of aromatic nitrogens is 3. The molecule has 0 radical (unpaired) electrons. The molecule has 0 saturated carbocycles. The molecule has 0 aromatic carbocycles. The monoisotopic (exact) mass is 311 g/mol. The molecule has 0 unspecified atom stereocenters. The first-order chi connectivity index (χ1) is 10.6. The third-order valence-corrected chi connectivity index (χ3v) is 3.39. The molecule has 0 fully saturated rings. The minimum atomic E-state index is -0.188. The molecule has 0 bridgehead atoms. The van der Waals surface area contributed by atoms with Crippen molar-refractivity contribution in [2.24, 2.45) is 0 Å². The van der Waals surface area contributed by atoms with Gasteiger partial charge in [0, 0.05) is 24.2 Å². The third kappa shape index (κ3) is 2.50. The Bertz CT molecular complexity index is 925. The van der Waals surface area contributed by atoms with Crippen LogP contribution in [0, 0.1) is 11.3 Å². The number of pyridine rings is 2. The van der Waals surface area contributed by atoms with Crippen LogP contribution in [0.2, 0.25) is 5.15 Å². The summed E-state index contributed by atoms with van der Waals surface area (Å²) in [6, 6.07) is 7.44. The van der Waals surface area contributed by atoms with E-state index >= 15 is 0 Å². The van der Waals surface area contributed by atoms with E-state index in [-0.39, 0.29) is 5.91 Å². The predicted octanol–water partition coefficient (Wildman–Crippen LogP) is 2.88. The number of hydrogen-bond donors (Lipinski definition) is 1. The van der Waals surface area contributed by atoms with Crippen molar-refractivity contribution in [1.29, 1.82) is 5.26 Å². The van der Waals surface area contributed by atoms with Crippen LogP contribution in [0.3, 0.4) is 0 Å². The van der Waals surface area contributed by atoms with Crippen molar-refractivity contribution >= 4 is 28.8 Å². The smallest absolute Gasteiger partial charge is 0.221 e. The van der Waals surface area contributed by atoms with Crippen molar-refractivity contribution in [2.45, 2.75) is 6.92 Å². The van der Waals surface area contributed by atoms with E-state index in [1.807, 2.05) is 6.07 Å². The van der Waals surface area contributed by atoms with E-state index in [1.165, 1.54) is 19.3 Å². The summed E-state index contributed by atoms with van der Waals surface area (Å²) in [5, 5.41) is 12.1. The Morgan fingerprint density at radius 1 is 1.36 bits per heavy atom. The number of carbonyl (C=O) groups excluding carboxylic acids is 1. The second kappa shape index (κ2) is 5.47. The normalized spacial score (nSPS) is 10.4. The molecule has 1 amide bonds. The lowest BCUT2D eigenvalue weighted by molar-refractivity contribution is -0.114. The fourth-order valence-corrected chi connectivity index (χ4v) is 2.36. The van der Waals surface area contributed by atoms with Gasteiger partial charge in [0.2, 0.25) is 5.91 Å². The standard InChI is InChI=1S/C15H10ClN5O/c1-9(22)20-11-4-13(15(16)19-6-11)10-2-3-14-18-7-12(5-17)21(14)8-10/h2-4,6-8H,1H3,(H,20,22). The van der Waals surface area contributed by atoms with Crippen LogP contribution in [0.4, 0.5) is 5.69 Å². The highest BCUT2D eigenvalue weighted by Crippen LogP contribution is 2.29. The Labute approximate surface area is 131 Å². The molecule has 0 atom stereocenters. The fourth-order valence-electron chi connectivity index (χ4n) is 2.14. The summed E-state index contributed by atoms with van der Waals surface area (Å²) < 4.78 is 1.68. The Morgan fingerprint density at radius 3 is 2.91 bits per heavy atom. The number of amides is 1.